The molecule has 0 amide bonds. The van der Waals surface area contributed by atoms with Gasteiger partial charge in [-0.05, 0) is 6.42 Å². The average Bonchev–Trinajstić information content (AvgIpc) is 2.06. The SMILES string of the molecule is Cl.NCCS(=O)(=O)C1CCOOC1. The average molecular weight is 232 g/mol. The minimum Gasteiger partial charge on any atom is -0.329 e. The highest BCUT2D eigenvalue weighted by Crippen LogP contribution is 2.12. The molecule has 1 aliphatic heterocycles. The monoisotopic (exact) mass is 231 g/mol. The Bertz CT molecular complexity index is 225. The van der Waals surface area contributed by atoms with E-state index in [1.807, 2.05) is 0 Å². The Kier molecular flexibility index (Phi) is 5.82. The molecule has 0 radical (unpaired) electrons. The molecule has 0 aliphatic carbocycles. The zero-order valence-corrected chi connectivity index (χ0v) is 8.77. The van der Waals surface area contributed by atoms with Gasteiger partial charge in [0.1, 0.15) is 0 Å². The second kappa shape index (κ2) is 5.77. The lowest BCUT2D eigenvalue weighted by molar-refractivity contribution is -0.311. The summed E-state index contributed by atoms with van der Waals surface area (Å²) in [6.07, 6.45) is 0.502. The molecule has 1 heterocycles. The molecule has 0 aromatic heterocycles. The molecule has 1 aliphatic rings. The van der Waals surface area contributed by atoms with E-state index in [-0.39, 0.29) is 31.3 Å². The molecule has 1 atom stereocenters. The minimum atomic E-state index is -3.06. The Balaban J connectivity index is 0.00000144. The third-order valence-corrected chi connectivity index (χ3v) is 3.96. The lowest BCUT2D eigenvalue weighted by Crippen LogP contribution is -2.35. The molecule has 5 nitrogen and oxygen atoms in total. The van der Waals surface area contributed by atoms with Crippen molar-refractivity contribution in [2.75, 3.05) is 25.5 Å². The van der Waals surface area contributed by atoms with Crippen LogP contribution in [0.4, 0.5) is 0 Å². The van der Waals surface area contributed by atoms with Crippen molar-refractivity contribution in [1.29, 1.82) is 0 Å². The summed E-state index contributed by atoms with van der Waals surface area (Å²) in [7, 11) is -3.06. The molecule has 0 saturated carbocycles. The summed E-state index contributed by atoms with van der Waals surface area (Å²) in [6, 6.07) is 0. The van der Waals surface area contributed by atoms with Crippen molar-refractivity contribution in [3.63, 3.8) is 0 Å². The normalized spacial score (nSPS) is 23.6. The van der Waals surface area contributed by atoms with Crippen molar-refractivity contribution in [2.45, 2.75) is 11.7 Å². The summed E-state index contributed by atoms with van der Waals surface area (Å²) < 4.78 is 22.7. The summed E-state index contributed by atoms with van der Waals surface area (Å²) in [5.74, 6) is 0.0288. The van der Waals surface area contributed by atoms with E-state index in [0.29, 0.717) is 13.0 Å². The Morgan fingerprint density at radius 2 is 2.08 bits per heavy atom. The molecule has 0 bridgehead atoms. The summed E-state index contributed by atoms with van der Waals surface area (Å²) in [5, 5.41) is -0.435. The van der Waals surface area contributed by atoms with Gasteiger partial charge in [0.2, 0.25) is 0 Å². The lowest BCUT2D eigenvalue weighted by Gasteiger charge is -2.20. The lowest BCUT2D eigenvalue weighted by atomic mass is 10.3. The minimum absolute atomic E-state index is 0. The van der Waals surface area contributed by atoms with Crippen molar-refractivity contribution in [2.24, 2.45) is 5.73 Å². The predicted octanol–water partition coefficient (Wildman–Crippen LogP) is -0.498. The van der Waals surface area contributed by atoms with Gasteiger partial charge in [0.05, 0.1) is 24.2 Å². The standard InChI is InChI=1S/C6H13NO4S.ClH/c7-2-4-12(8,9)6-1-3-10-11-5-6;/h6H,1-5,7H2;1H. The fourth-order valence-electron chi connectivity index (χ4n) is 1.06. The largest absolute Gasteiger partial charge is 0.329 e. The summed E-state index contributed by atoms with van der Waals surface area (Å²) in [4.78, 5) is 9.17. The van der Waals surface area contributed by atoms with E-state index >= 15 is 0 Å². The van der Waals surface area contributed by atoms with Crippen LogP contribution in [0.5, 0.6) is 0 Å². The van der Waals surface area contributed by atoms with Crippen LogP contribution < -0.4 is 5.73 Å². The maximum absolute atomic E-state index is 11.4. The first-order valence-corrected chi connectivity index (χ1v) is 5.54. The van der Waals surface area contributed by atoms with Crippen LogP contribution in [0.25, 0.3) is 0 Å². The molecule has 13 heavy (non-hydrogen) atoms. The van der Waals surface area contributed by atoms with E-state index in [0.717, 1.165) is 0 Å². The first kappa shape index (κ1) is 13.1. The van der Waals surface area contributed by atoms with E-state index in [9.17, 15) is 8.42 Å². The van der Waals surface area contributed by atoms with Gasteiger partial charge in [0.25, 0.3) is 0 Å². The van der Waals surface area contributed by atoms with Crippen LogP contribution in [-0.2, 0) is 19.6 Å². The van der Waals surface area contributed by atoms with Crippen LogP contribution in [0.1, 0.15) is 6.42 Å². The van der Waals surface area contributed by atoms with E-state index < -0.39 is 15.1 Å². The second-order valence-corrected chi connectivity index (χ2v) is 5.07. The third-order valence-electron chi connectivity index (χ3n) is 1.77. The van der Waals surface area contributed by atoms with Crippen LogP contribution in [0.2, 0.25) is 0 Å². The van der Waals surface area contributed by atoms with Gasteiger partial charge in [-0.3, -0.25) is 0 Å². The molecule has 0 aromatic rings. The molecule has 0 aromatic carbocycles. The van der Waals surface area contributed by atoms with Crippen molar-refractivity contribution < 1.29 is 18.2 Å². The van der Waals surface area contributed by atoms with Crippen LogP contribution >= 0.6 is 12.4 Å². The Hall–Kier alpha value is 0.120. The van der Waals surface area contributed by atoms with Gasteiger partial charge in [0, 0.05) is 6.54 Å². The second-order valence-electron chi connectivity index (χ2n) is 2.67. The molecule has 1 rings (SSSR count). The number of hydrogen-bond acceptors (Lipinski definition) is 5. The highest BCUT2D eigenvalue weighted by atomic mass is 35.5. The van der Waals surface area contributed by atoms with Gasteiger partial charge >= 0.3 is 0 Å². The van der Waals surface area contributed by atoms with Gasteiger partial charge < -0.3 is 5.73 Å². The molecule has 1 saturated heterocycles. The van der Waals surface area contributed by atoms with Gasteiger partial charge in [-0.1, -0.05) is 0 Å². The summed E-state index contributed by atoms with van der Waals surface area (Å²) >= 11 is 0. The first-order chi connectivity index (χ1) is 5.67. The zero-order valence-electron chi connectivity index (χ0n) is 7.14. The highest BCUT2D eigenvalue weighted by Gasteiger charge is 2.27. The summed E-state index contributed by atoms with van der Waals surface area (Å²) in [5.41, 5.74) is 5.17. The number of rotatable bonds is 3. The van der Waals surface area contributed by atoms with Crippen LogP contribution in [0.3, 0.4) is 0 Å². The van der Waals surface area contributed by atoms with Gasteiger partial charge in [-0.2, -0.15) is 0 Å². The van der Waals surface area contributed by atoms with Gasteiger partial charge in [-0.15, -0.1) is 12.4 Å². The molecule has 7 heteroatoms. The molecule has 2 N–H and O–H groups in total. The fraction of sp³-hybridized carbons (Fsp3) is 1.00. The number of halogens is 1. The van der Waals surface area contributed by atoms with Crippen LogP contribution in [0.15, 0.2) is 0 Å². The molecular formula is C6H14ClNO4S. The van der Waals surface area contributed by atoms with Crippen molar-refractivity contribution >= 4 is 22.2 Å². The molecule has 0 spiro atoms. The van der Waals surface area contributed by atoms with E-state index in [1.54, 1.807) is 0 Å². The Morgan fingerprint density at radius 1 is 1.38 bits per heavy atom. The maximum atomic E-state index is 11.4. The molecule has 80 valence electrons. The van der Waals surface area contributed by atoms with Gasteiger partial charge in [0.15, 0.2) is 9.84 Å². The van der Waals surface area contributed by atoms with E-state index in [2.05, 4.69) is 9.78 Å². The van der Waals surface area contributed by atoms with Crippen LogP contribution in [0, 0.1) is 0 Å². The Morgan fingerprint density at radius 3 is 2.54 bits per heavy atom. The van der Waals surface area contributed by atoms with Crippen LogP contribution in [-0.4, -0.2) is 39.2 Å². The van der Waals surface area contributed by atoms with Crippen molar-refractivity contribution in [3.8, 4) is 0 Å². The number of hydrogen-bond donors (Lipinski definition) is 1. The van der Waals surface area contributed by atoms with E-state index in [1.165, 1.54) is 0 Å². The zero-order chi connectivity index (χ0) is 9.03. The first-order valence-electron chi connectivity index (χ1n) is 3.83. The quantitative estimate of drug-likeness (QED) is 0.663. The maximum Gasteiger partial charge on any atom is 0.156 e. The van der Waals surface area contributed by atoms with E-state index in [4.69, 9.17) is 5.73 Å². The molecule has 1 fully saturated rings. The number of nitrogens with two attached hydrogens (primary N) is 1. The number of sulfone groups is 1. The predicted molar refractivity (Wildman–Crippen MR) is 50.4 cm³/mol. The third kappa shape index (κ3) is 3.78. The molecule has 1 unspecified atom stereocenters. The Labute approximate surface area is 83.8 Å². The van der Waals surface area contributed by atoms with Crippen molar-refractivity contribution in [3.05, 3.63) is 0 Å². The summed E-state index contributed by atoms with van der Waals surface area (Å²) in [6.45, 7) is 0.635. The van der Waals surface area contributed by atoms with Gasteiger partial charge in [-0.25, -0.2) is 18.2 Å². The smallest absolute Gasteiger partial charge is 0.156 e. The highest BCUT2D eigenvalue weighted by molar-refractivity contribution is 7.92. The fourth-order valence-corrected chi connectivity index (χ4v) is 2.44. The molecular weight excluding hydrogens is 218 g/mol. The topological polar surface area (TPSA) is 78.6 Å². The van der Waals surface area contributed by atoms with Crippen molar-refractivity contribution in [1.82, 2.24) is 0 Å².